The van der Waals surface area contributed by atoms with Crippen molar-refractivity contribution in [3.8, 4) is 0 Å². The molecule has 0 saturated carbocycles. The summed E-state index contributed by atoms with van der Waals surface area (Å²) in [5.74, 6) is -0.265. The maximum absolute atomic E-state index is 11.8. The molecule has 7 heteroatoms. The predicted molar refractivity (Wildman–Crippen MR) is 76.1 cm³/mol. The van der Waals surface area contributed by atoms with Crippen LogP contribution in [0.25, 0.3) is 0 Å². The van der Waals surface area contributed by atoms with Crippen molar-refractivity contribution in [2.24, 2.45) is 0 Å². The van der Waals surface area contributed by atoms with Crippen LogP contribution in [-0.2, 0) is 4.74 Å². The largest absolute Gasteiger partial charge is 0.385 e. The zero-order valence-electron chi connectivity index (χ0n) is 11.9. The number of hydrogen-bond donors (Lipinski definition) is 1. The van der Waals surface area contributed by atoms with Crippen molar-refractivity contribution in [2.45, 2.75) is 6.42 Å². The van der Waals surface area contributed by atoms with E-state index >= 15 is 0 Å². The van der Waals surface area contributed by atoms with Gasteiger partial charge in [-0.15, -0.1) is 0 Å². The van der Waals surface area contributed by atoms with Gasteiger partial charge in [-0.05, 0) is 18.6 Å². The number of hydrogen-bond acceptors (Lipinski definition) is 5. The number of nitro benzene ring substituents is 1. The van der Waals surface area contributed by atoms with Crippen LogP contribution in [0.4, 0.5) is 11.4 Å². The van der Waals surface area contributed by atoms with E-state index in [0.29, 0.717) is 24.4 Å². The van der Waals surface area contributed by atoms with Gasteiger partial charge in [0.15, 0.2) is 0 Å². The highest BCUT2D eigenvalue weighted by molar-refractivity contribution is 5.95. The van der Waals surface area contributed by atoms with Gasteiger partial charge in [0.25, 0.3) is 11.6 Å². The van der Waals surface area contributed by atoms with E-state index in [9.17, 15) is 14.9 Å². The Bertz CT molecular complexity index is 489. The van der Waals surface area contributed by atoms with Gasteiger partial charge in [-0.2, -0.15) is 0 Å². The molecule has 0 atom stereocenters. The first-order valence-corrected chi connectivity index (χ1v) is 6.20. The van der Waals surface area contributed by atoms with Crippen molar-refractivity contribution < 1.29 is 14.5 Å². The summed E-state index contributed by atoms with van der Waals surface area (Å²) >= 11 is 0. The lowest BCUT2D eigenvalue weighted by atomic mass is 10.1. The molecule has 1 amide bonds. The molecule has 0 fully saturated rings. The predicted octanol–water partition coefficient (Wildman–Crippen LogP) is 1.75. The maximum atomic E-state index is 11.8. The second kappa shape index (κ2) is 7.44. The van der Waals surface area contributed by atoms with Gasteiger partial charge in [0.1, 0.15) is 5.69 Å². The first kappa shape index (κ1) is 15.9. The minimum absolute atomic E-state index is 0.102. The van der Waals surface area contributed by atoms with Crippen molar-refractivity contribution in [1.82, 2.24) is 4.90 Å². The van der Waals surface area contributed by atoms with Crippen LogP contribution in [0.5, 0.6) is 0 Å². The minimum atomic E-state index is -0.495. The third-order valence-corrected chi connectivity index (χ3v) is 2.69. The summed E-state index contributed by atoms with van der Waals surface area (Å²) in [7, 11) is 4.81. The third-order valence-electron chi connectivity index (χ3n) is 2.69. The number of nitro groups is 1. The molecule has 1 aromatic carbocycles. The number of benzene rings is 1. The second-order valence-electron chi connectivity index (χ2n) is 4.46. The first-order valence-electron chi connectivity index (χ1n) is 6.20. The molecular weight excluding hydrogens is 262 g/mol. The fourth-order valence-electron chi connectivity index (χ4n) is 1.66. The monoisotopic (exact) mass is 281 g/mol. The molecule has 1 rings (SSSR count). The van der Waals surface area contributed by atoms with E-state index in [0.717, 1.165) is 6.42 Å². The molecule has 110 valence electrons. The molecule has 0 heterocycles. The zero-order chi connectivity index (χ0) is 15.1. The standard InChI is InChI=1S/C13H19N3O4/c1-15(2)13(17)10-5-6-11(12(9-10)16(18)19)14-7-4-8-20-3/h5-6,9,14H,4,7-8H2,1-3H3. The summed E-state index contributed by atoms with van der Waals surface area (Å²) in [4.78, 5) is 23.8. The molecule has 0 aliphatic carbocycles. The van der Waals surface area contributed by atoms with Crippen LogP contribution < -0.4 is 5.32 Å². The molecule has 0 aliphatic heterocycles. The minimum Gasteiger partial charge on any atom is -0.385 e. The van der Waals surface area contributed by atoms with Crippen molar-refractivity contribution in [3.05, 3.63) is 33.9 Å². The fourth-order valence-corrected chi connectivity index (χ4v) is 1.66. The van der Waals surface area contributed by atoms with Crippen LogP contribution in [0, 0.1) is 10.1 Å². The molecule has 7 nitrogen and oxygen atoms in total. The number of carbonyl (C=O) groups excluding carboxylic acids is 1. The number of nitrogens with one attached hydrogen (secondary N) is 1. The summed E-state index contributed by atoms with van der Waals surface area (Å²) in [6.07, 6.45) is 0.742. The lowest BCUT2D eigenvalue weighted by Gasteiger charge is -2.12. The van der Waals surface area contributed by atoms with Gasteiger partial charge in [0, 0.05) is 46.0 Å². The molecule has 1 N–H and O–H groups in total. The average Bonchev–Trinajstić information content (AvgIpc) is 2.42. The number of carbonyl (C=O) groups is 1. The second-order valence-corrected chi connectivity index (χ2v) is 4.46. The van der Waals surface area contributed by atoms with Gasteiger partial charge < -0.3 is 15.0 Å². The molecular formula is C13H19N3O4. The van der Waals surface area contributed by atoms with E-state index < -0.39 is 4.92 Å². The van der Waals surface area contributed by atoms with Gasteiger partial charge in [-0.1, -0.05) is 0 Å². The van der Waals surface area contributed by atoms with Crippen LogP contribution in [0.2, 0.25) is 0 Å². The maximum Gasteiger partial charge on any atom is 0.293 e. The van der Waals surface area contributed by atoms with Gasteiger partial charge in [0.2, 0.25) is 0 Å². The Kier molecular flexibility index (Phi) is 5.92. The van der Waals surface area contributed by atoms with Gasteiger partial charge in [-0.25, -0.2) is 0 Å². The van der Waals surface area contributed by atoms with Crippen molar-refractivity contribution in [1.29, 1.82) is 0 Å². The van der Waals surface area contributed by atoms with Gasteiger partial charge >= 0.3 is 0 Å². The highest BCUT2D eigenvalue weighted by Gasteiger charge is 2.18. The first-order chi connectivity index (χ1) is 9.47. The Morgan fingerprint density at radius 3 is 2.70 bits per heavy atom. The van der Waals surface area contributed by atoms with E-state index in [-0.39, 0.29) is 11.6 Å². The van der Waals surface area contributed by atoms with E-state index in [1.807, 2.05) is 0 Å². The Morgan fingerprint density at radius 2 is 2.15 bits per heavy atom. The lowest BCUT2D eigenvalue weighted by Crippen LogP contribution is -2.21. The van der Waals surface area contributed by atoms with Crippen molar-refractivity contribution >= 4 is 17.3 Å². The number of methoxy groups -OCH3 is 1. The van der Waals surface area contributed by atoms with Crippen LogP contribution in [0.3, 0.4) is 0 Å². The Labute approximate surface area is 117 Å². The molecule has 0 unspecified atom stereocenters. The normalized spacial score (nSPS) is 10.2. The summed E-state index contributed by atoms with van der Waals surface area (Å²) in [5.41, 5.74) is 0.598. The van der Waals surface area contributed by atoms with E-state index in [4.69, 9.17) is 4.74 Å². The molecule has 0 radical (unpaired) electrons. The SMILES string of the molecule is COCCCNc1ccc(C(=O)N(C)C)cc1[N+](=O)[O-]. The van der Waals surface area contributed by atoms with Crippen LogP contribution >= 0.6 is 0 Å². The number of amides is 1. The van der Waals surface area contributed by atoms with Crippen molar-refractivity contribution in [3.63, 3.8) is 0 Å². The van der Waals surface area contributed by atoms with Crippen LogP contribution in [-0.4, -0.2) is 50.1 Å². The molecule has 1 aromatic rings. The Morgan fingerprint density at radius 1 is 1.45 bits per heavy atom. The van der Waals surface area contributed by atoms with E-state index in [1.54, 1.807) is 33.3 Å². The van der Waals surface area contributed by atoms with Gasteiger partial charge in [-0.3, -0.25) is 14.9 Å². The van der Waals surface area contributed by atoms with Crippen molar-refractivity contribution in [2.75, 3.05) is 39.7 Å². The summed E-state index contributed by atoms with van der Waals surface area (Å²) in [6, 6.07) is 4.43. The smallest absolute Gasteiger partial charge is 0.293 e. The molecule has 0 bridgehead atoms. The topological polar surface area (TPSA) is 84.7 Å². The average molecular weight is 281 g/mol. The highest BCUT2D eigenvalue weighted by atomic mass is 16.6. The fraction of sp³-hybridized carbons (Fsp3) is 0.462. The molecule has 0 spiro atoms. The van der Waals surface area contributed by atoms with Crippen LogP contribution in [0.15, 0.2) is 18.2 Å². The quantitative estimate of drug-likeness (QED) is 0.467. The number of anilines is 1. The molecule has 0 saturated heterocycles. The van der Waals surface area contributed by atoms with Gasteiger partial charge in [0.05, 0.1) is 4.92 Å². The Hall–Kier alpha value is -2.15. The summed E-state index contributed by atoms with van der Waals surface area (Å²) < 4.78 is 4.91. The molecule has 0 aliphatic rings. The number of ether oxygens (including phenoxy) is 1. The number of nitrogens with zero attached hydrogens (tertiary/aromatic N) is 2. The van der Waals surface area contributed by atoms with Crippen LogP contribution in [0.1, 0.15) is 16.8 Å². The van der Waals surface area contributed by atoms with E-state index in [1.165, 1.54) is 11.0 Å². The lowest BCUT2D eigenvalue weighted by molar-refractivity contribution is -0.384. The number of rotatable bonds is 7. The molecule has 20 heavy (non-hydrogen) atoms. The summed E-state index contributed by atoms with van der Waals surface area (Å²) in [6.45, 7) is 1.15. The highest BCUT2D eigenvalue weighted by Crippen LogP contribution is 2.26. The molecule has 0 aromatic heterocycles. The van der Waals surface area contributed by atoms with E-state index in [2.05, 4.69) is 5.32 Å². The summed E-state index contributed by atoms with van der Waals surface area (Å²) in [5, 5.41) is 14.0. The zero-order valence-corrected chi connectivity index (χ0v) is 11.9. The third kappa shape index (κ3) is 4.20. The Balaban J connectivity index is 2.91.